The maximum absolute atomic E-state index is 13.5. The van der Waals surface area contributed by atoms with Gasteiger partial charge in [0, 0.05) is 5.56 Å². The van der Waals surface area contributed by atoms with E-state index in [4.69, 9.17) is 0 Å². The zero-order valence-corrected chi connectivity index (χ0v) is 15.0. The fourth-order valence-corrected chi connectivity index (χ4v) is 2.70. The maximum atomic E-state index is 13.5. The number of H-pyrrole nitrogens is 2. The predicted octanol–water partition coefficient (Wildman–Crippen LogP) is 4.08. The number of pyridine rings is 1. The molecule has 2 N–H and O–H groups in total. The SMILES string of the molecule is CC.Cc1cc(-c2c(C(F)(F)F)cc3c(=O)[nH]c(=O)[nH]c3c2C)ncc1F. The molecule has 0 radical (unpaired) electrons. The van der Waals surface area contributed by atoms with Gasteiger partial charge in [0.2, 0.25) is 0 Å². The van der Waals surface area contributed by atoms with Gasteiger partial charge in [-0.25, -0.2) is 9.18 Å². The summed E-state index contributed by atoms with van der Waals surface area (Å²) < 4.78 is 54.1. The van der Waals surface area contributed by atoms with Crippen molar-refractivity contribution in [1.82, 2.24) is 15.0 Å². The Kier molecular flexibility index (Phi) is 5.53. The van der Waals surface area contributed by atoms with Crippen molar-refractivity contribution in [3.63, 3.8) is 0 Å². The molecule has 0 amide bonds. The van der Waals surface area contributed by atoms with E-state index in [1.54, 1.807) is 0 Å². The minimum Gasteiger partial charge on any atom is -0.307 e. The number of aromatic nitrogens is 3. The van der Waals surface area contributed by atoms with Gasteiger partial charge in [-0.3, -0.25) is 14.8 Å². The maximum Gasteiger partial charge on any atom is 0.417 e. The molecule has 0 unspecified atom stereocenters. The predicted molar refractivity (Wildman–Crippen MR) is 94.2 cm³/mol. The van der Waals surface area contributed by atoms with E-state index in [1.807, 2.05) is 18.8 Å². The number of fused-ring (bicyclic) bond motifs is 1. The van der Waals surface area contributed by atoms with Gasteiger partial charge in [-0.1, -0.05) is 13.8 Å². The van der Waals surface area contributed by atoms with E-state index in [-0.39, 0.29) is 33.3 Å². The summed E-state index contributed by atoms with van der Waals surface area (Å²) in [6.45, 7) is 6.74. The van der Waals surface area contributed by atoms with Crippen molar-refractivity contribution in [2.24, 2.45) is 0 Å². The zero-order chi connectivity index (χ0) is 20.5. The second-order valence-electron chi connectivity index (χ2n) is 5.57. The van der Waals surface area contributed by atoms with Crippen LogP contribution in [-0.2, 0) is 6.18 Å². The molecule has 0 saturated heterocycles. The van der Waals surface area contributed by atoms with Gasteiger partial charge in [-0.15, -0.1) is 0 Å². The third-order valence-corrected chi connectivity index (χ3v) is 3.90. The first-order chi connectivity index (χ1) is 12.6. The highest BCUT2D eigenvalue weighted by Gasteiger charge is 2.36. The Hall–Kier alpha value is -2.97. The largest absolute Gasteiger partial charge is 0.417 e. The van der Waals surface area contributed by atoms with Crippen molar-refractivity contribution in [3.05, 3.63) is 61.7 Å². The smallest absolute Gasteiger partial charge is 0.307 e. The summed E-state index contributed by atoms with van der Waals surface area (Å²) in [5.74, 6) is -0.652. The lowest BCUT2D eigenvalue weighted by atomic mass is 9.94. The van der Waals surface area contributed by atoms with Crippen LogP contribution in [0.4, 0.5) is 17.6 Å². The number of rotatable bonds is 1. The Morgan fingerprint density at radius 2 is 1.67 bits per heavy atom. The number of aromatic amines is 2. The zero-order valence-electron chi connectivity index (χ0n) is 15.0. The van der Waals surface area contributed by atoms with Gasteiger partial charge >= 0.3 is 11.9 Å². The number of alkyl halides is 3. The number of benzene rings is 1. The molecule has 144 valence electrons. The Morgan fingerprint density at radius 1 is 1.04 bits per heavy atom. The molecule has 0 aliphatic heterocycles. The highest BCUT2D eigenvalue weighted by atomic mass is 19.4. The average molecular weight is 383 g/mol. The number of hydrogen-bond acceptors (Lipinski definition) is 3. The van der Waals surface area contributed by atoms with E-state index in [0.29, 0.717) is 6.07 Å². The molecule has 9 heteroatoms. The Bertz CT molecular complexity index is 1110. The van der Waals surface area contributed by atoms with Gasteiger partial charge in [-0.2, -0.15) is 13.2 Å². The summed E-state index contributed by atoms with van der Waals surface area (Å²) in [5, 5.41) is -0.299. The monoisotopic (exact) mass is 383 g/mol. The summed E-state index contributed by atoms with van der Waals surface area (Å²) in [4.78, 5) is 31.3. The second-order valence-corrected chi connectivity index (χ2v) is 5.57. The molecule has 0 saturated carbocycles. The second kappa shape index (κ2) is 7.34. The van der Waals surface area contributed by atoms with Crippen molar-refractivity contribution >= 4 is 10.9 Å². The van der Waals surface area contributed by atoms with Crippen LogP contribution in [0.15, 0.2) is 27.9 Å². The lowest BCUT2D eigenvalue weighted by Crippen LogP contribution is -2.23. The molecular weight excluding hydrogens is 366 g/mol. The third kappa shape index (κ3) is 3.76. The van der Waals surface area contributed by atoms with Gasteiger partial charge in [0.1, 0.15) is 5.82 Å². The molecule has 0 spiro atoms. The number of hydrogen-bond donors (Lipinski definition) is 2. The van der Waals surface area contributed by atoms with Gasteiger partial charge in [0.25, 0.3) is 5.56 Å². The molecule has 27 heavy (non-hydrogen) atoms. The average Bonchev–Trinajstić information content (AvgIpc) is 2.59. The highest BCUT2D eigenvalue weighted by molar-refractivity contribution is 5.89. The molecule has 3 rings (SSSR count). The molecule has 2 heterocycles. The minimum atomic E-state index is -4.78. The Labute approximate surface area is 151 Å². The van der Waals surface area contributed by atoms with E-state index in [1.165, 1.54) is 19.9 Å². The normalized spacial score (nSPS) is 11.3. The van der Waals surface area contributed by atoms with Crippen molar-refractivity contribution in [1.29, 1.82) is 0 Å². The number of aryl methyl sites for hydroxylation is 2. The van der Waals surface area contributed by atoms with Crippen LogP contribution in [0.3, 0.4) is 0 Å². The molecule has 0 bridgehead atoms. The molecule has 0 aliphatic carbocycles. The fraction of sp³-hybridized carbons (Fsp3) is 0.278. The number of nitrogens with one attached hydrogen (secondary N) is 2. The molecule has 1 aromatic carbocycles. The molecule has 0 atom stereocenters. The molecule has 5 nitrogen and oxygen atoms in total. The van der Waals surface area contributed by atoms with Crippen LogP contribution < -0.4 is 11.2 Å². The Morgan fingerprint density at radius 3 is 2.22 bits per heavy atom. The molecule has 3 aromatic rings. The van der Waals surface area contributed by atoms with E-state index in [0.717, 1.165) is 6.20 Å². The highest BCUT2D eigenvalue weighted by Crippen LogP contribution is 2.40. The van der Waals surface area contributed by atoms with Gasteiger partial charge in [-0.05, 0) is 37.1 Å². The van der Waals surface area contributed by atoms with Gasteiger partial charge in [0.15, 0.2) is 0 Å². The van der Waals surface area contributed by atoms with Crippen LogP contribution in [0.25, 0.3) is 22.2 Å². The third-order valence-electron chi connectivity index (χ3n) is 3.90. The topological polar surface area (TPSA) is 78.6 Å². The first-order valence-electron chi connectivity index (χ1n) is 8.09. The van der Waals surface area contributed by atoms with E-state index in [9.17, 15) is 27.2 Å². The molecule has 2 aromatic heterocycles. The lowest BCUT2D eigenvalue weighted by Gasteiger charge is -2.17. The quantitative estimate of drug-likeness (QED) is 0.622. The van der Waals surface area contributed by atoms with Gasteiger partial charge < -0.3 is 4.98 Å². The first-order valence-corrected chi connectivity index (χ1v) is 8.09. The Balaban J connectivity index is 0.00000126. The summed E-state index contributed by atoms with van der Waals surface area (Å²) in [5.41, 5.74) is -3.16. The van der Waals surface area contributed by atoms with E-state index < -0.39 is 28.8 Å². The van der Waals surface area contributed by atoms with Crippen molar-refractivity contribution < 1.29 is 17.6 Å². The lowest BCUT2D eigenvalue weighted by molar-refractivity contribution is -0.137. The van der Waals surface area contributed by atoms with Crippen LogP contribution >= 0.6 is 0 Å². The van der Waals surface area contributed by atoms with Crippen LogP contribution in [-0.4, -0.2) is 15.0 Å². The van der Waals surface area contributed by atoms with Crippen LogP contribution in [0.5, 0.6) is 0 Å². The fourth-order valence-electron chi connectivity index (χ4n) is 2.70. The van der Waals surface area contributed by atoms with E-state index in [2.05, 4.69) is 9.97 Å². The van der Waals surface area contributed by atoms with Crippen molar-refractivity contribution in [2.75, 3.05) is 0 Å². The van der Waals surface area contributed by atoms with Gasteiger partial charge in [0.05, 0.1) is 28.4 Å². The number of halogens is 4. The molecular formula is C18H17F4N3O2. The molecule has 0 aliphatic rings. The molecule has 0 fully saturated rings. The minimum absolute atomic E-state index is 0.0199. The van der Waals surface area contributed by atoms with E-state index >= 15 is 0 Å². The van der Waals surface area contributed by atoms with Crippen LogP contribution in [0.2, 0.25) is 0 Å². The van der Waals surface area contributed by atoms with Crippen molar-refractivity contribution in [2.45, 2.75) is 33.9 Å². The van der Waals surface area contributed by atoms with Crippen LogP contribution in [0.1, 0.15) is 30.5 Å². The summed E-state index contributed by atoms with van der Waals surface area (Å²) in [7, 11) is 0. The summed E-state index contributed by atoms with van der Waals surface area (Å²) >= 11 is 0. The van der Waals surface area contributed by atoms with Crippen LogP contribution in [0, 0.1) is 19.7 Å². The summed E-state index contributed by atoms with van der Waals surface area (Å²) in [6.07, 6.45) is -3.95. The summed E-state index contributed by atoms with van der Waals surface area (Å²) in [6, 6.07) is 1.84. The number of nitrogens with zero attached hydrogens (tertiary/aromatic N) is 1. The van der Waals surface area contributed by atoms with Crippen molar-refractivity contribution in [3.8, 4) is 11.3 Å². The first kappa shape index (κ1) is 20.3. The standard InChI is InChI=1S/C16H11F4N3O2.C2H6/c1-6-3-11(21-5-10(6)17)12-7(2)13-8(4-9(12)16(18,19)20)14(24)23-15(25)22-13;1-2/h3-5H,1-2H3,(H2,22,23,24,25);1-2H3.